The molecule has 176 valence electrons. The van der Waals surface area contributed by atoms with Crippen molar-refractivity contribution in [3.63, 3.8) is 0 Å². The summed E-state index contributed by atoms with van der Waals surface area (Å²) in [6.07, 6.45) is 5.87. The molecule has 0 bridgehead atoms. The van der Waals surface area contributed by atoms with E-state index in [1.165, 1.54) is 43.5 Å². The van der Waals surface area contributed by atoms with E-state index in [9.17, 15) is 5.11 Å². The molecular formula is C27H39NO4. The van der Waals surface area contributed by atoms with E-state index in [1.807, 2.05) is 18.2 Å². The predicted molar refractivity (Wildman–Crippen MR) is 129 cm³/mol. The average molecular weight is 442 g/mol. The highest BCUT2D eigenvalue weighted by Crippen LogP contribution is 2.32. The summed E-state index contributed by atoms with van der Waals surface area (Å²) in [6.45, 7) is 8.61. The first-order valence-electron chi connectivity index (χ1n) is 11.9. The smallest absolute Gasteiger partial charge is 0.161 e. The Bertz CT molecular complexity index is 848. The number of aromatic hydroxyl groups is 1. The van der Waals surface area contributed by atoms with Crippen molar-refractivity contribution in [1.82, 2.24) is 4.90 Å². The summed E-state index contributed by atoms with van der Waals surface area (Å²) in [5, 5.41) is 9.82. The minimum atomic E-state index is 0.183. The molecule has 1 aliphatic rings. The van der Waals surface area contributed by atoms with Gasteiger partial charge in [0, 0.05) is 6.54 Å². The van der Waals surface area contributed by atoms with Gasteiger partial charge in [-0.05, 0) is 86.0 Å². The van der Waals surface area contributed by atoms with Crippen LogP contribution in [0.25, 0.3) is 0 Å². The summed E-state index contributed by atoms with van der Waals surface area (Å²) in [4.78, 5) is 2.48. The van der Waals surface area contributed by atoms with Crippen molar-refractivity contribution in [2.24, 2.45) is 11.8 Å². The van der Waals surface area contributed by atoms with Crippen LogP contribution in [0.4, 0.5) is 0 Å². The van der Waals surface area contributed by atoms with Gasteiger partial charge in [-0.1, -0.05) is 32.4 Å². The molecular weight excluding hydrogens is 402 g/mol. The molecule has 2 atom stereocenters. The fourth-order valence-electron chi connectivity index (χ4n) is 4.42. The van der Waals surface area contributed by atoms with Crippen LogP contribution in [0.1, 0.15) is 44.2 Å². The third kappa shape index (κ3) is 6.80. The first kappa shape index (κ1) is 24.2. The number of phenolic OH excluding ortho intramolecular Hbond substituents is 1. The molecule has 0 saturated carbocycles. The Morgan fingerprint density at radius 3 is 2.03 bits per heavy atom. The first-order valence-corrected chi connectivity index (χ1v) is 11.9. The predicted octanol–water partition coefficient (Wildman–Crippen LogP) is 5.33. The molecule has 2 aromatic carbocycles. The lowest BCUT2D eigenvalue weighted by molar-refractivity contribution is 0.180. The third-order valence-electron chi connectivity index (χ3n) is 6.67. The van der Waals surface area contributed by atoms with Crippen LogP contribution in [0, 0.1) is 11.8 Å². The van der Waals surface area contributed by atoms with E-state index in [0.29, 0.717) is 24.2 Å². The number of likely N-dealkylation sites (tertiary alicyclic amines) is 1. The van der Waals surface area contributed by atoms with Gasteiger partial charge in [-0.15, -0.1) is 0 Å². The number of benzene rings is 2. The van der Waals surface area contributed by atoms with Gasteiger partial charge in [0.15, 0.2) is 23.0 Å². The van der Waals surface area contributed by atoms with Crippen LogP contribution in [0.15, 0.2) is 36.4 Å². The van der Waals surface area contributed by atoms with Crippen molar-refractivity contribution in [2.75, 3.05) is 40.5 Å². The molecule has 1 aliphatic heterocycles. The van der Waals surface area contributed by atoms with Crippen molar-refractivity contribution >= 4 is 0 Å². The highest BCUT2D eigenvalue weighted by atomic mass is 16.5. The molecule has 0 unspecified atom stereocenters. The van der Waals surface area contributed by atoms with Crippen LogP contribution in [0.3, 0.4) is 0 Å². The Kier molecular flexibility index (Phi) is 9.10. The van der Waals surface area contributed by atoms with Gasteiger partial charge in [-0.3, -0.25) is 4.90 Å². The molecule has 0 aliphatic carbocycles. The van der Waals surface area contributed by atoms with E-state index in [1.54, 1.807) is 20.3 Å². The molecule has 0 amide bonds. The standard InChI is InChI=1S/C27H39NO4/c1-20(16-22-8-10-24(29)26(18-22)30-3)21(2)17-23-9-11-25(27(19-23)31-4)32-15-14-28-12-6-5-7-13-28/h8-11,18-21,29H,5-7,12-17H2,1-4H3/t20-,21+/m1/s1. The van der Waals surface area contributed by atoms with Gasteiger partial charge in [0.25, 0.3) is 0 Å². The number of hydrogen-bond acceptors (Lipinski definition) is 5. The lowest BCUT2D eigenvalue weighted by Gasteiger charge is -2.26. The molecule has 1 N–H and O–H groups in total. The lowest BCUT2D eigenvalue weighted by Crippen LogP contribution is -2.33. The van der Waals surface area contributed by atoms with Gasteiger partial charge in [-0.25, -0.2) is 0 Å². The molecule has 3 rings (SSSR count). The summed E-state index contributed by atoms with van der Waals surface area (Å²) in [7, 11) is 3.29. The van der Waals surface area contributed by atoms with Crippen LogP contribution in [0.2, 0.25) is 0 Å². The Labute approximate surface area is 193 Å². The molecule has 0 aromatic heterocycles. The number of rotatable bonds is 11. The van der Waals surface area contributed by atoms with Crippen molar-refractivity contribution in [1.29, 1.82) is 0 Å². The van der Waals surface area contributed by atoms with E-state index in [2.05, 4.69) is 30.9 Å². The fraction of sp³-hybridized carbons (Fsp3) is 0.556. The normalized spacial score (nSPS) is 16.4. The van der Waals surface area contributed by atoms with Crippen LogP contribution in [-0.4, -0.2) is 50.5 Å². The number of nitrogens with zero attached hydrogens (tertiary/aromatic N) is 1. The van der Waals surface area contributed by atoms with E-state index in [0.717, 1.165) is 30.9 Å². The maximum Gasteiger partial charge on any atom is 0.161 e. The molecule has 1 fully saturated rings. The summed E-state index contributed by atoms with van der Waals surface area (Å²) in [5.74, 6) is 3.32. The van der Waals surface area contributed by atoms with Crippen molar-refractivity contribution in [2.45, 2.75) is 46.0 Å². The highest BCUT2D eigenvalue weighted by Gasteiger charge is 2.16. The minimum Gasteiger partial charge on any atom is -0.504 e. The number of phenols is 1. The van der Waals surface area contributed by atoms with Gasteiger partial charge >= 0.3 is 0 Å². The number of piperidine rings is 1. The topological polar surface area (TPSA) is 51.2 Å². The zero-order valence-electron chi connectivity index (χ0n) is 20.1. The molecule has 1 heterocycles. The maximum absolute atomic E-state index is 9.82. The van der Waals surface area contributed by atoms with E-state index in [4.69, 9.17) is 14.2 Å². The number of ether oxygens (including phenoxy) is 3. The Balaban J connectivity index is 1.54. The Morgan fingerprint density at radius 1 is 0.812 bits per heavy atom. The highest BCUT2D eigenvalue weighted by molar-refractivity contribution is 5.43. The Hall–Kier alpha value is -2.40. The average Bonchev–Trinajstić information content (AvgIpc) is 2.81. The van der Waals surface area contributed by atoms with Crippen molar-refractivity contribution < 1.29 is 19.3 Å². The van der Waals surface area contributed by atoms with E-state index in [-0.39, 0.29) is 5.75 Å². The molecule has 32 heavy (non-hydrogen) atoms. The second-order valence-electron chi connectivity index (χ2n) is 9.10. The van der Waals surface area contributed by atoms with Crippen molar-refractivity contribution in [3.8, 4) is 23.0 Å². The second kappa shape index (κ2) is 12.0. The van der Waals surface area contributed by atoms with Crippen LogP contribution < -0.4 is 14.2 Å². The molecule has 0 spiro atoms. The first-order chi connectivity index (χ1) is 15.5. The second-order valence-corrected chi connectivity index (χ2v) is 9.10. The largest absolute Gasteiger partial charge is 0.504 e. The quantitative estimate of drug-likeness (QED) is 0.511. The molecule has 5 nitrogen and oxygen atoms in total. The molecule has 1 saturated heterocycles. The van der Waals surface area contributed by atoms with E-state index >= 15 is 0 Å². The van der Waals surface area contributed by atoms with Gasteiger partial charge in [-0.2, -0.15) is 0 Å². The summed E-state index contributed by atoms with van der Waals surface area (Å²) in [5.41, 5.74) is 2.43. The zero-order valence-corrected chi connectivity index (χ0v) is 20.1. The summed E-state index contributed by atoms with van der Waals surface area (Å²) in [6, 6.07) is 11.9. The third-order valence-corrected chi connectivity index (χ3v) is 6.67. The van der Waals surface area contributed by atoms with Crippen LogP contribution >= 0.6 is 0 Å². The molecule has 5 heteroatoms. The number of methoxy groups -OCH3 is 2. The zero-order chi connectivity index (χ0) is 22.9. The molecule has 0 radical (unpaired) electrons. The van der Waals surface area contributed by atoms with Crippen LogP contribution in [-0.2, 0) is 12.8 Å². The summed E-state index contributed by atoms with van der Waals surface area (Å²) >= 11 is 0. The van der Waals surface area contributed by atoms with Crippen molar-refractivity contribution in [3.05, 3.63) is 47.5 Å². The van der Waals surface area contributed by atoms with Crippen LogP contribution in [0.5, 0.6) is 23.0 Å². The Morgan fingerprint density at radius 2 is 1.41 bits per heavy atom. The number of hydrogen-bond donors (Lipinski definition) is 1. The maximum atomic E-state index is 9.82. The van der Waals surface area contributed by atoms with Gasteiger partial charge in [0.05, 0.1) is 14.2 Å². The summed E-state index contributed by atoms with van der Waals surface area (Å²) < 4.78 is 16.9. The van der Waals surface area contributed by atoms with Gasteiger partial charge in [0.1, 0.15) is 6.61 Å². The molecule has 2 aromatic rings. The lowest BCUT2D eigenvalue weighted by atomic mass is 9.85. The minimum absolute atomic E-state index is 0.183. The monoisotopic (exact) mass is 441 g/mol. The SMILES string of the molecule is COc1cc(C[C@@H](C)[C@@H](C)Cc2ccc(OCCN3CCCCC3)c(OC)c2)ccc1O. The van der Waals surface area contributed by atoms with Gasteiger partial charge < -0.3 is 19.3 Å². The van der Waals surface area contributed by atoms with Gasteiger partial charge in [0.2, 0.25) is 0 Å². The van der Waals surface area contributed by atoms with E-state index < -0.39 is 0 Å². The fourth-order valence-corrected chi connectivity index (χ4v) is 4.42.